The molecule has 4 rings (SSSR count). The second-order valence-corrected chi connectivity index (χ2v) is 7.78. The number of carbonyl (C=O) groups excluding carboxylic acids is 1. The number of benzene rings is 2. The van der Waals surface area contributed by atoms with Crippen LogP contribution in [0.2, 0.25) is 0 Å². The zero-order valence-electron chi connectivity index (χ0n) is 16.4. The lowest BCUT2D eigenvalue weighted by Gasteiger charge is -2.47. The molecule has 0 aliphatic carbocycles. The van der Waals surface area contributed by atoms with Crippen LogP contribution in [0.3, 0.4) is 0 Å². The summed E-state index contributed by atoms with van der Waals surface area (Å²) in [6.45, 7) is 2.41. The fourth-order valence-electron chi connectivity index (χ4n) is 4.34. The lowest BCUT2D eigenvalue weighted by molar-refractivity contribution is -0.496. The molecule has 0 aromatic heterocycles. The van der Waals surface area contributed by atoms with E-state index in [1.54, 1.807) is 0 Å². The van der Waals surface area contributed by atoms with Gasteiger partial charge in [-0.3, -0.25) is 4.79 Å². The molecule has 0 unspecified atom stereocenters. The number of nitriles is 1. The third-order valence-electron chi connectivity index (χ3n) is 6.01. The van der Waals surface area contributed by atoms with Gasteiger partial charge in [-0.25, -0.2) is 4.89 Å². The average Bonchev–Trinajstić information content (AvgIpc) is 2.99. The molecule has 1 N–H and O–H groups in total. The van der Waals surface area contributed by atoms with Gasteiger partial charge in [0.1, 0.15) is 0 Å². The van der Waals surface area contributed by atoms with E-state index in [2.05, 4.69) is 6.07 Å². The van der Waals surface area contributed by atoms with Gasteiger partial charge in [0, 0.05) is 13.0 Å². The van der Waals surface area contributed by atoms with Gasteiger partial charge in [-0.1, -0.05) is 74.0 Å². The van der Waals surface area contributed by atoms with Gasteiger partial charge in [0.15, 0.2) is 11.0 Å². The molecule has 29 heavy (non-hydrogen) atoms. The summed E-state index contributed by atoms with van der Waals surface area (Å²) in [4.78, 5) is 26.3. The zero-order chi connectivity index (χ0) is 20.5. The molecule has 2 atom stereocenters. The van der Waals surface area contributed by atoms with Gasteiger partial charge in [0.2, 0.25) is 11.7 Å². The summed E-state index contributed by atoms with van der Waals surface area (Å²) in [5.41, 5.74) is -1.45. The number of fused-ring (bicyclic) bond motifs is 1. The van der Waals surface area contributed by atoms with E-state index >= 15 is 0 Å². The quantitative estimate of drug-likeness (QED) is 0.791. The maximum atomic E-state index is 13.4. The number of unbranched alkanes of at least 4 members (excludes halogenated alkanes) is 1. The smallest absolute Gasteiger partial charge is 0.249 e. The first-order chi connectivity index (χ1) is 14.0. The van der Waals surface area contributed by atoms with Crippen molar-refractivity contribution >= 4 is 5.91 Å². The average molecular weight is 392 g/mol. The standard InChI is InChI=1S/C23H24N2O4/c1-2-3-14-25-17-23(27)21(16-24,20(25)26)15-22(28-29-23,18-10-6-4-7-11-18)19-12-8-5-9-13-19/h4-13,27H,2-3,14-15,17H2,1H3/t21-,23-/m0/s1. The summed E-state index contributed by atoms with van der Waals surface area (Å²) in [6.07, 6.45) is 1.65. The molecule has 2 aromatic carbocycles. The van der Waals surface area contributed by atoms with Gasteiger partial charge in [0.25, 0.3) is 0 Å². The third kappa shape index (κ3) is 2.85. The first kappa shape index (κ1) is 19.6. The van der Waals surface area contributed by atoms with Crippen LogP contribution in [0.1, 0.15) is 37.3 Å². The number of likely N-dealkylation sites (tertiary alicyclic amines) is 1. The second-order valence-electron chi connectivity index (χ2n) is 7.78. The molecule has 2 heterocycles. The van der Waals surface area contributed by atoms with Crippen molar-refractivity contribution in [2.24, 2.45) is 5.41 Å². The van der Waals surface area contributed by atoms with Gasteiger partial charge >= 0.3 is 0 Å². The largest absolute Gasteiger partial charge is 0.360 e. The topological polar surface area (TPSA) is 82.8 Å². The van der Waals surface area contributed by atoms with Crippen LogP contribution in [0.5, 0.6) is 0 Å². The van der Waals surface area contributed by atoms with Crippen LogP contribution in [0, 0.1) is 16.7 Å². The number of rotatable bonds is 5. The third-order valence-corrected chi connectivity index (χ3v) is 6.01. The van der Waals surface area contributed by atoms with Crippen molar-refractivity contribution in [1.82, 2.24) is 4.90 Å². The minimum Gasteiger partial charge on any atom is -0.360 e. The van der Waals surface area contributed by atoms with Gasteiger partial charge in [-0.05, 0) is 17.5 Å². The Hall–Kier alpha value is -2.72. The number of hydrogen-bond donors (Lipinski definition) is 1. The van der Waals surface area contributed by atoms with Crippen LogP contribution >= 0.6 is 0 Å². The Kier molecular flexibility index (Phi) is 4.91. The highest BCUT2D eigenvalue weighted by molar-refractivity contribution is 5.90. The molecular weight excluding hydrogens is 368 g/mol. The molecule has 1 amide bonds. The number of nitrogens with zero attached hydrogens (tertiary/aromatic N) is 2. The number of β-amino-alcohol motifs (C(OH)–C–C–N with tert-alkyl or cyclic N) is 1. The van der Waals surface area contributed by atoms with Gasteiger partial charge in [-0.15, -0.1) is 0 Å². The Morgan fingerprint density at radius 1 is 1.07 bits per heavy atom. The van der Waals surface area contributed by atoms with E-state index in [9.17, 15) is 15.2 Å². The summed E-state index contributed by atoms with van der Waals surface area (Å²) in [6, 6.07) is 20.9. The first-order valence-corrected chi connectivity index (χ1v) is 9.92. The SMILES string of the molecule is CCCCN1C[C@]2(O)OOC(c3ccccc3)(c3ccccc3)C[C@]2(C#N)C1=O. The van der Waals surface area contributed by atoms with E-state index in [1.165, 1.54) is 4.90 Å². The Bertz CT molecular complexity index is 887. The van der Waals surface area contributed by atoms with E-state index in [4.69, 9.17) is 9.78 Å². The van der Waals surface area contributed by atoms with E-state index in [0.29, 0.717) is 6.54 Å². The van der Waals surface area contributed by atoms with Crippen molar-refractivity contribution in [3.8, 4) is 6.07 Å². The van der Waals surface area contributed by atoms with E-state index in [-0.39, 0.29) is 13.0 Å². The predicted octanol–water partition coefficient (Wildman–Crippen LogP) is 3.12. The number of hydrogen-bond acceptors (Lipinski definition) is 5. The Morgan fingerprint density at radius 3 is 2.17 bits per heavy atom. The first-order valence-electron chi connectivity index (χ1n) is 9.92. The minimum absolute atomic E-state index is 0.0392. The van der Waals surface area contributed by atoms with Crippen molar-refractivity contribution in [3.63, 3.8) is 0 Å². The summed E-state index contributed by atoms with van der Waals surface area (Å²) >= 11 is 0. The molecule has 0 saturated carbocycles. The van der Waals surface area contributed by atoms with Crippen molar-refractivity contribution in [2.45, 2.75) is 37.6 Å². The molecule has 2 aromatic rings. The molecule has 2 aliphatic heterocycles. The highest BCUT2D eigenvalue weighted by Crippen LogP contribution is 2.56. The maximum absolute atomic E-state index is 13.4. The molecule has 0 bridgehead atoms. The summed E-state index contributed by atoms with van der Waals surface area (Å²) in [7, 11) is 0. The fourth-order valence-corrected chi connectivity index (χ4v) is 4.34. The molecule has 2 fully saturated rings. The second kappa shape index (κ2) is 7.27. The van der Waals surface area contributed by atoms with Crippen LogP contribution in [-0.2, 0) is 20.2 Å². The number of aliphatic hydroxyl groups is 1. The fraction of sp³-hybridized carbons (Fsp3) is 0.391. The highest BCUT2D eigenvalue weighted by atomic mass is 17.2. The lowest BCUT2D eigenvalue weighted by Crippen LogP contribution is -2.59. The highest BCUT2D eigenvalue weighted by Gasteiger charge is 2.72. The molecule has 2 saturated heterocycles. The number of carbonyl (C=O) groups is 1. The van der Waals surface area contributed by atoms with Gasteiger partial charge < -0.3 is 10.0 Å². The van der Waals surface area contributed by atoms with Crippen LogP contribution in [0.4, 0.5) is 0 Å². The predicted molar refractivity (Wildman–Crippen MR) is 105 cm³/mol. The molecule has 0 radical (unpaired) electrons. The van der Waals surface area contributed by atoms with E-state index < -0.39 is 22.7 Å². The molecular formula is C23H24N2O4. The van der Waals surface area contributed by atoms with Crippen LogP contribution in [0.15, 0.2) is 60.7 Å². The Morgan fingerprint density at radius 2 is 1.66 bits per heavy atom. The number of amides is 1. The summed E-state index contributed by atoms with van der Waals surface area (Å²) in [5, 5.41) is 21.4. The minimum atomic E-state index is -2.01. The lowest BCUT2D eigenvalue weighted by atomic mass is 9.68. The summed E-state index contributed by atoms with van der Waals surface area (Å²) in [5.74, 6) is -2.42. The maximum Gasteiger partial charge on any atom is 0.249 e. The zero-order valence-corrected chi connectivity index (χ0v) is 16.4. The molecule has 6 nitrogen and oxygen atoms in total. The Labute approximate surface area is 170 Å². The van der Waals surface area contributed by atoms with Crippen LogP contribution in [0.25, 0.3) is 0 Å². The van der Waals surface area contributed by atoms with Gasteiger partial charge in [-0.2, -0.15) is 10.1 Å². The Balaban J connectivity index is 1.84. The molecule has 2 aliphatic rings. The molecule has 6 heteroatoms. The normalized spacial score (nSPS) is 28.0. The van der Waals surface area contributed by atoms with Crippen molar-refractivity contribution < 1.29 is 19.7 Å². The van der Waals surface area contributed by atoms with Crippen LogP contribution in [-0.4, -0.2) is 34.8 Å². The van der Waals surface area contributed by atoms with Gasteiger partial charge in [0.05, 0.1) is 12.6 Å². The van der Waals surface area contributed by atoms with Crippen LogP contribution < -0.4 is 0 Å². The summed E-state index contributed by atoms with van der Waals surface area (Å²) < 4.78 is 0. The van der Waals surface area contributed by atoms with E-state index in [1.807, 2.05) is 67.6 Å². The van der Waals surface area contributed by atoms with E-state index in [0.717, 1.165) is 24.0 Å². The molecule has 0 spiro atoms. The van der Waals surface area contributed by atoms with Crippen molar-refractivity contribution in [2.75, 3.05) is 13.1 Å². The van der Waals surface area contributed by atoms with Crippen molar-refractivity contribution in [1.29, 1.82) is 5.26 Å². The van der Waals surface area contributed by atoms with Crippen molar-refractivity contribution in [3.05, 3.63) is 71.8 Å². The monoisotopic (exact) mass is 392 g/mol. The molecule has 150 valence electrons.